The molecule has 27 heavy (non-hydrogen) atoms. The molecule has 0 spiro atoms. The zero-order valence-electron chi connectivity index (χ0n) is 15.7. The Labute approximate surface area is 159 Å². The topological polar surface area (TPSA) is 71.0 Å². The van der Waals surface area contributed by atoms with Gasteiger partial charge in [0, 0.05) is 30.5 Å². The molecule has 1 amide bonds. The van der Waals surface area contributed by atoms with Crippen molar-refractivity contribution in [3.05, 3.63) is 59.3 Å². The number of pyridine rings is 1. The highest BCUT2D eigenvalue weighted by molar-refractivity contribution is 5.94. The number of carbonyl (C=O) groups is 1. The van der Waals surface area contributed by atoms with Gasteiger partial charge in [-0.05, 0) is 51.2 Å². The van der Waals surface area contributed by atoms with E-state index in [0.29, 0.717) is 18.7 Å². The summed E-state index contributed by atoms with van der Waals surface area (Å²) in [5.74, 6) is 0.912. The summed E-state index contributed by atoms with van der Waals surface area (Å²) in [6, 6.07) is 3.87. The highest BCUT2D eigenvalue weighted by Crippen LogP contribution is 2.27. The number of amides is 1. The van der Waals surface area contributed by atoms with Gasteiger partial charge >= 0.3 is 0 Å². The summed E-state index contributed by atoms with van der Waals surface area (Å²) in [5.41, 5.74) is 4.15. The third-order valence-corrected chi connectivity index (χ3v) is 5.44. The number of rotatable bonds is 4. The molecule has 0 unspecified atom stereocenters. The summed E-state index contributed by atoms with van der Waals surface area (Å²) < 4.78 is 0. The molecule has 1 aliphatic heterocycles. The third-order valence-electron chi connectivity index (χ3n) is 5.44. The Morgan fingerprint density at radius 3 is 2.96 bits per heavy atom. The Morgan fingerprint density at radius 2 is 2.19 bits per heavy atom. The fourth-order valence-electron chi connectivity index (χ4n) is 3.88. The number of nitrogens with zero attached hydrogens (tertiary/aromatic N) is 4. The molecule has 0 bridgehead atoms. The van der Waals surface area contributed by atoms with Gasteiger partial charge in [-0.3, -0.25) is 9.78 Å². The van der Waals surface area contributed by atoms with Gasteiger partial charge < -0.3 is 10.2 Å². The summed E-state index contributed by atoms with van der Waals surface area (Å²) in [7, 11) is 0. The van der Waals surface area contributed by atoms with Crippen LogP contribution < -0.4 is 5.32 Å². The van der Waals surface area contributed by atoms with E-state index in [9.17, 15) is 4.79 Å². The number of hydrogen-bond acceptors (Lipinski definition) is 5. The van der Waals surface area contributed by atoms with E-state index in [0.717, 1.165) is 29.9 Å². The fraction of sp³-hybridized carbons (Fsp3) is 0.429. The Bertz CT molecular complexity index is 849. The molecule has 6 nitrogen and oxygen atoms in total. The van der Waals surface area contributed by atoms with E-state index >= 15 is 0 Å². The maximum atomic E-state index is 12.7. The second-order valence-electron chi connectivity index (χ2n) is 7.26. The van der Waals surface area contributed by atoms with Gasteiger partial charge in [0.2, 0.25) is 0 Å². The number of aromatic nitrogens is 3. The second kappa shape index (κ2) is 7.86. The van der Waals surface area contributed by atoms with Crippen molar-refractivity contribution in [1.29, 1.82) is 0 Å². The van der Waals surface area contributed by atoms with Crippen molar-refractivity contribution >= 4 is 11.7 Å². The van der Waals surface area contributed by atoms with Crippen LogP contribution in [0, 0.1) is 0 Å². The molecule has 6 heteroatoms. The number of carbonyl (C=O) groups excluding carboxylic acids is 1. The zero-order valence-corrected chi connectivity index (χ0v) is 15.7. The Morgan fingerprint density at radius 1 is 1.26 bits per heavy atom. The van der Waals surface area contributed by atoms with Crippen LogP contribution >= 0.6 is 0 Å². The van der Waals surface area contributed by atoms with Gasteiger partial charge in [-0.15, -0.1) is 0 Å². The molecule has 2 aromatic heterocycles. The summed E-state index contributed by atoms with van der Waals surface area (Å²) in [6.45, 7) is 3.38. The predicted molar refractivity (Wildman–Crippen MR) is 104 cm³/mol. The van der Waals surface area contributed by atoms with Crippen molar-refractivity contribution in [2.45, 2.75) is 51.6 Å². The lowest BCUT2D eigenvalue weighted by molar-refractivity contribution is 0.0731. The standard InChI is InChI=1S/C21H25N5O/c1-15(16-6-3-2-4-7-16)25-20-18-9-11-26(13-19(18)23-14-24-20)21(27)17-8-5-10-22-12-17/h5-6,8,10,12,14-15H,2-4,7,9,11,13H2,1H3,(H,23,24,25)/t15-/m1/s1. The molecule has 0 fully saturated rings. The average Bonchev–Trinajstić information content (AvgIpc) is 2.74. The number of nitrogens with one attached hydrogen (secondary N) is 1. The van der Waals surface area contributed by atoms with Crippen LogP contribution in [0.5, 0.6) is 0 Å². The lowest BCUT2D eigenvalue weighted by Gasteiger charge is -2.30. The molecule has 2 aromatic rings. The van der Waals surface area contributed by atoms with Crippen molar-refractivity contribution in [3.8, 4) is 0 Å². The van der Waals surface area contributed by atoms with Crippen LogP contribution in [0.15, 0.2) is 42.5 Å². The van der Waals surface area contributed by atoms with Gasteiger partial charge in [0.05, 0.1) is 17.8 Å². The Hall–Kier alpha value is -2.76. The van der Waals surface area contributed by atoms with Crippen LogP contribution in [0.1, 0.15) is 54.2 Å². The molecule has 140 valence electrons. The largest absolute Gasteiger partial charge is 0.364 e. The van der Waals surface area contributed by atoms with Crippen molar-refractivity contribution in [3.63, 3.8) is 0 Å². The van der Waals surface area contributed by atoms with Crippen LogP contribution in [0.2, 0.25) is 0 Å². The van der Waals surface area contributed by atoms with Gasteiger partial charge in [0.25, 0.3) is 5.91 Å². The summed E-state index contributed by atoms with van der Waals surface area (Å²) >= 11 is 0. The monoisotopic (exact) mass is 363 g/mol. The first-order valence-corrected chi connectivity index (χ1v) is 9.70. The minimum Gasteiger partial charge on any atom is -0.364 e. The van der Waals surface area contributed by atoms with Crippen molar-refractivity contribution < 1.29 is 4.79 Å². The van der Waals surface area contributed by atoms with Crippen LogP contribution in [0.25, 0.3) is 0 Å². The van der Waals surface area contributed by atoms with Crippen molar-refractivity contribution in [1.82, 2.24) is 19.9 Å². The third kappa shape index (κ3) is 3.84. The van der Waals surface area contributed by atoms with Crippen molar-refractivity contribution in [2.75, 3.05) is 11.9 Å². The maximum absolute atomic E-state index is 12.7. The summed E-state index contributed by atoms with van der Waals surface area (Å²) in [4.78, 5) is 27.5. The first-order chi connectivity index (χ1) is 13.2. The lowest BCUT2D eigenvalue weighted by Crippen LogP contribution is -2.37. The molecule has 3 heterocycles. The minimum atomic E-state index is 0.00241. The predicted octanol–water partition coefficient (Wildman–Crippen LogP) is 3.37. The highest BCUT2D eigenvalue weighted by Gasteiger charge is 2.25. The highest BCUT2D eigenvalue weighted by atomic mass is 16.2. The van der Waals surface area contributed by atoms with Crippen molar-refractivity contribution in [2.24, 2.45) is 0 Å². The number of allylic oxidation sites excluding steroid dienone is 1. The van der Waals surface area contributed by atoms with Gasteiger partial charge in [-0.25, -0.2) is 9.97 Å². The van der Waals surface area contributed by atoms with Crippen LogP contribution in [0.4, 0.5) is 5.82 Å². The number of anilines is 1. The zero-order chi connectivity index (χ0) is 18.6. The van der Waals surface area contributed by atoms with Gasteiger partial charge in [-0.1, -0.05) is 11.6 Å². The van der Waals surface area contributed by atoms with E-state index in [1.165, 1.54) is 24.8 Å². The van der Waals surface area contributed by atoms with Gasteiger partial charge in [-0.2, -0.15) is 0 Å². The van der Waals surface area contributed by atoms with E-state index in [2.05, 4.69) is 33.3 Å². The first kappa shape index (κ1) is 17.6. The minimum absolute atomic E-state index is 0.00241. The SMILES string of the molecule is C[C@@H](Nc1ncnc2c1CCN(C(=O)c1cccnc1)C2)C1=CCCCC1. The van der Waals surface area contributed by atoms with Crippen LogP contribution in [-0.2, 0) is 13.0 Å². The average molecular weight is 363 g/mol. The molecule has 1 aliphatic carbocycles. The van der Waals surface area contributed by atoms with E-state index in [1.807, 2.05) is 4.90 Å². The first-order valence-electron chi connectivity index (χ1n) is 9.70. The molecule has 1 atom stereocenters. The smallest absolute Gasteiger partial charge is 0.255 e. The molecule has 2 aliphatic rings. The molecule has 0 aromatic carbocycles. The molecule has 1 N–H and O–H groups in total. The van der Waals surface area contributed by atoms with E-state index in [-0.39, 0.29) is 11.9 Å². The molecular weight excluding hydrogens is 338 g/mol. The number of fused-ring (bicyclic) bond motifs is 1. The van der Waals surface area contributed by atoms with E-state index < -0.39 is 0 Å². The molecule has 0 radical (unpaired) electrons. The fourth-order valence-corrected chi connectivity index (χ4v) is 3.88. The molecule has 0 saturated heterocycles. The Balaban J connectivity index is 1.50. The normalized spacial score (nSPS) is 17.7. The molecular formula is C21H25N5O. The van der Waals surface area contributed by atoms with E-state index in [1.54, 1.807) is 30.9 Å². The maximum Gasteiger partial charge on any atom is 0.255 e. The Kier molecular flexibility index (Phi) is 5.14. The van der Waals surface area contributed by atoms with Gasteiger partial charge in [0.1, 0.15) is 12.1 Å². The molecule has 4 rings (SSSR count). The summed E-state index contributed by atoms with van der Waals surface area (Å²) in [5, 5.41) is 3.58. The molecule has 0 saturated carbocycles. The van der Waals surface area contributed by atoms with Crippen LogP contribution in [0.3, 0.4) is 0 Å². The van der Waals surface area contributed by atoms with Crippen LogP contribution in [-0.4, -0.2) is 38.3 Å². The van der Waals surface area contributed by atoms with Gasteiger partial charge in [0.15, 0.2) is 0 Å². The van der Waals surface area contributed by atoms with E-state index in [4.69, 9.17) is 0 Å². The number of hydrogen-bond donors (Lipinski definition) is 1. The lowest BCUT2D eigenvalue weighted by atomic mass is 9.94. The second-order valence-corrected chi connectivity index (χ2v) is 7.26. The summed E-state index contributed by atoms with van der Waals surface area (Å²) in [6.07, 6.45) is 12.9. The quantitative estimate of drug-likeness (QED) is 0.844.